The second kappa shape index (κ2) is 8.94. The monoisotopic (exact) mass is 376 g/mol. The van der Waals surface area contributed by atoms with Crippen LogP contribution in [0.25, 0.3) is 0 Å². The third-order valence-corrected chi connectivity index (χ3v) is 4.62. The number of halogens is 1. The number of piperazine rings is 1. The minimum absolute atomic E-state index is 0.587. The molecule has 6 nitrogen and oxygen atoms in total. The molecular weight excluding hydrogens is 356 g/mol. The van der Waals surface area contributed by atoms with E-state index in [-0.39, 0.29) is 0 Å². The van der Waals surface area contributed by atoms with E-state index < -0.39 is 0 Å². The molecule has 0 amide bonds. The van der Waals surface area contributed by atoms with Crippen molar-refractivity contribution in [3.05, 3.63) is 47.7 Å². The molecule has 1 aliphatic heterocycles. The SMILES string of the molecule is S=C(NCCN1CCN(c2ncccn2)CC1)Nc1ccccc1Cl. The number of thiocarbonyl (C=S) groups is 1. The Morgan fingerprint density at radius 1 is 1.08 bits per heavy atom. The first-order chi connectivity index (χ1) is 12.2. The first-order valence-electron chi connectivity index (χ1n) is 8.26. The highest BCUT2D eigenvalue weighted by molar-refractivity contribution is 7.80. The molecule has 1 fully saturated rings. The molecule has 2 N–H and O–H groups in total. The standard InChI is InChI=1S/C17H21ClN6S/c18-14-4-1-2-5-15(14)22-17(25)21-8-9-23-10-12-24(13-11-23)16-19-6-3-7-20-16/h1-7H,8-13H2,(H2,21,22,25). The van der Waals surface area contributed by atoms with Crippen LogP contribution in [0.15, 0.2) is 42.7 Å². The van der Waals surface area contributed by atoms with Crippen LogP contribution in [0.2, 0.25) is 5.02 Å². The van der Waals surface area contributed by atoms with Gasteiger partial charge in [0.1, 0.15) is 0 Å². The molecule has 1 aromatic carbocycles. The van der Waals surface area contributed by atoms with E-state index in [4.69, 9.17) is 23.8 Å². The quantitative estimate of drug-likeness (QED) is 0.776. The average Bonchev–Trinajstić information content (AvgIpc) is 2.65. The number of aromatic nitrogens is 2. The smallest absolute Gasteiger partial charge is 0.225 e. The van der Waals surface area contributed by atoms with Gasteiger partial charge in [0.15, 0.2) is 5.11 Å². The fourth-order valence-corrected chi connectivity index (χ4v) is 3.08. The summed E-state index contributed by atoms with van der Waals surface area (Å²) >= 11 is 11.4. The topological polar surface area (TPSA) is 56.3 Å². The predicted octanol–water partition coefficient (Wildman–Crippen LogP) is 2.24. The molecule has 1 aliphatic rings. The Morgan fingerprint density at radius 2 is 1.80 bits per heavy atom. The van der Waals surface area contributed by atoms with E-state index in [1.807, 2.05) is 30.3 Å². The molecule has 1 saturated heterocycles. The lowest BCUT2D eigenvalue weighted by atomic mass is 10.3. The number of nitrogens with one attached hydrogen (secondary N) is 2. The highest BCUT2D eigenvalue weighted by atomic mass is 35.5. The van der Waals surface area contributed by atoms with Gasteiger partial charge in [-0.05, 0) is 30.4 Å². The second-order valence-corrected chi connectivity index (χ2v) is 6.55. The lowest BCUT2D eigenvalue weighted by molar-refractivity contribution is 0.260. The molecule has 0 atom stereocenters. The summed E-state index contributed by atoms with van der Waals surface area (Å²) in [5, 5.41) is 7.60. The van der Waals surface area contributed by atoms with Crippen LogP contribution in [-0.2, 0) is 0 Å². The number of rotatable bonds is 5. The van der Waals surface area contributed by atoms with E-state index in [0.717, 1.165) is 50.9 Å². The molecule has 3 rings (SSSR count). The van der Waals surface area contributed by atoms with Crippen molar-refractivity contribution in [2.24, 2.45) is 0 Å². The third-order valence-electron chi connectivity index (χ3n) is 4.04. The highest BCUT2D eigenvalue weighted by Crippen LogP contribution is 2.20. The van der Waals surface area contributed by atoms with Crippen molar-refractivity contribution in [2.75, 3.05) is 49.5 Å². The van der Waals surface area contributed by atoms with Crippen molar-refractivity contribution in [1.29, 1.82) is 0 Å². The van der Waals surface area contributed by atoms with Crippen LogP contribution in [0.3, 0.4) is 0 Å². The number of anilines is 2. The molecule has 0 aliphatic carbocycles. The summed E-state index contributed by atoms with van der Waals surface area (Å²) in [6, 6.07) is 9.39. The zero-order chi connectivity index (χ0) is 17.5. The zero-order valence-corrected chi connectivity index (χ0v) is 15.4. The van der Waals surface area contributed by atoms with E-state index >= 15 is 0 Å². The molecule has 25 heavy (non-hydrogen) atoms. The van der Waals surface area contributed by atoms with Gasteiger partial charge in [-0.25, -0.2) is 9.97 Å². The van der Waals surface area contributed by atoms with Gasteiger partial charge in [-0.1, -0.05) is 23.7 Å². The van der Waals surface area contributed by atoms with Crippen molar-refractivity contribution in [2.45, 2.75) is 0 Å². The Balaban J connectivity index is 1.36. The van der Waals surface area contributed by atoms with Gasteiger partial charge in [0.2, 0.25) is 5.95 Å². The molecule has 0 spiro atoms. The summed E-state index contributed by atoms with van der Waals surface area (Å²) in [5.74, 6) is 0.811. The molecule has 0 radical (unpaired) electrons. The van der Waals surface area contributed by atoms with Crippen molar-refractivity contribution in [1.82, 2.24) is 20.2 Å². The summed E-state index contributed by atoms with van der Waals surface area (Å²) in [7, 11) is 0. The summed E-state index contributed by atoms with van der Waals surface area (Å²) in [5.41, 5.74) is 0.818. The fraction of sp³-hybridized carbons (Fsp3) is 0.353. The van der Waals surface area contributed by atoms with Gasteiger partial charge in [-0.15, -0.1) is 0 Å². The van der Waals surface area contributed by atoms with Crippen molar-refractivity contribution in [3.8, 4) is 0 Å². The minimum atomic E-state index is 0.587. The molecule has 1 aromatic heterocycles. The molecule has 2 heterocycles. The Hall–Kier alpha value is -1.96. The van der Waals surface area contributed by atoms with Crippen LogP contribution in [0.4, 0.5) is 11.6 Å². The molecule has 0 saturated carbocycles. The molecule has 0 unspecified atom stereocenters. The van der Waals surface area contributed by atoms with Crippen molar-refractivity contribution >= 4 is 40.6 Å². The van der Waals surface area contributed by atoms with Crippen LogP contribution < -0.4 is 15.5 Å². The number of nitrogens with zero attached hydrogens (tertiary/aromatic N) is 4. The summed E-state index contributed by atoms with van der Waals surface area (Å²) in [4.78, 5) is 13.2. The molecular formula is C17H21ClN6S. The number of benzene rings is 1. The molecule has 132 valence electrons. The maximum absolute atomic E-state index is 6.12. The van der Waals surface area contributed by atoms with E-state index in [2.05, 4.69) is 30.4 Å². The van der Waals surface area contributed by atoms with E-state index in [1.165, 1.54) is 0 Å². The van der Waals surface area contributed by atoms with Crippen LogP contribution in [0, 0.1) is 0 Å². The van der Waals surface area contributed by atoms with E-state index in [0.29, 0.717) is 10.1 Å². The minimum Gasteiger partial charge on any atom is -0.361 e. The molecule has 8 heteroatoms. The Morgan fingerprint density at radius 3 is 2.52 bits per heavy atom. The van der Waals surface area contributed by atoms with Gasteiger partial charge >= 0.3 is 0 Å². The van der Waals surface area contributed by atoms with Crippen LogP contribution in [-0.4, -0.2) is 59.2 Å². The van der Waals surface area contributed by atoms with Gasteiger partial charge in [0, 0.05) is 51.7 Å². The van der Waals surface area contributed by atoms with Crippen LogP contribution in [0.1, 0.15) is 0 Å². The van der Waals surface area contributed by atoms with E-state index in [9.17, 15) is 0 Å². The maximum atomic E-state index is 6.12. The average molecular weight is 377 g/mol. The summed E-state index contributed by atoms with van der Waals surface area (Å²) in [6.45, 7) is 5.58. The Kier molecular flexibility index (Phi) is 6.38. The summed E-state index contributed by atoms with van der Waals surface area (Å²) in [6.07, 6.45) is 3.57. The number of para-hydroxylation sites is 1. The van der Waals surface area contributed by atoms with Gasteiger partial charge in [0.05, 0.1) is 10.7 Å². The zero-order valence-electron chi connectivity index (χ0n) is 13.9. The normalized spacial score (nSPS) is 15.0. The second-order valence-electron chi connectivity index (χ2n) is 5.74. The first-order valence-corrected chi connectivity index (χ1v) is 9.05. The van der Waals surface area contributed by atoms with Crippen LogP contribution in [0.5, 0.6) is 0 Å². The van der Waals surface area contributed by atoms with Gasteiger partial charge in [0.25, 0.3) is 0 Å². The van der Waals surface area contributed by atoms with Crippen LogP contribution >= 0.6 is 23.8 Å². The largest absolute Gasteiger partial charge is 0.361 e. The van der Waals surface area contributed by atoms with Gasteiger partial charge in [-0.3, -0.25) is 4.90 Å². The lowest BCUT2D eigenvalue weighted by Gasteiger charge is -2.34. The van der Waals surface area contributed by atoms with Gasteiger partial charge in [-0.2, -0.15) is 0 Å². The van der Waals surface area contributed by atoms with Gasteiger partial charge < -0.3 is 15.5 Å². The summed E-state index contributed by atoms with van der Waals surface area (Å²) < 4.78 is 0. The number of hydrogen-bond acceptors (Lipinski definition) is 5. The Bertz CT molecular complexity index is 691. The van der Waals surface area contributed by atoms with E-state index in [1.54, 1.807) is 12.4 Å². The maximum Gasteiger partial charge on any atom is 0.225 e. The molecule has 2 aromatic rings. The van der Waals surface area contributed by atoms with Crippen molar-refractivity contribution in [3.63, 3.8) is 0 Å². The third kappa shape index (κ3) is 5.26. The lowest BCUT2D eigenvalue weighted by Crippen LogP contribution is -2.49. The highest BCUT2D eigenvalue weighted by Gasteiger charge is 2.18. The predicted molar refractivity (Wildman–Crippen MR) is 106 cm³/mol. The molecule has 0 bridgehead atoms. The first kappa shape index (κ1) is 17.8. The fourth-order valence-electron chi connectivity index (χ4n) is 2.68. The number of hydrogen-bond donors (Lipinski definition) is 2. The Labute approximate surface area is 158 Å². The van der Waals surface area contributed by atoms with Crippen molar-refractivity contribution < 1.29 is 0 Å².